The monoisotopic (exact) mass is 397 g/mol. The maximum atomic E-state index is 13.3. The fraction of sp³-hybridized carbons (Fsp3) is 0.167. The Balaban J connectivity index is 1.68. The molecular formula is C24H23N5O. The third kappa shape index (κ3) is 3.98. The average molecular weight is 397 g/mol. The fourth-order valence-electron chi connectivity index (χ4n) is 3.46. The normalized spacial score (nSPS) is 10.8. The van der Waals surface area contributed by atoms with Crippen molar-refractivity contribution >= 4 is 34.0 Å². The van der Waals surface area contributed by atoms with Gasteiger partial charge in [0.05, 0.1) is 11.2 Å². The van der Waals surface area contributed by atoms with Crippen LogP contribution in [0.2, 0.25) is 0 Å². The highest BCUT2D eigenvalue weighted by molar-refractivity contribution is 6.05. The molecule has 2 aromatic carbocycles. The maximum Gasteiger partial charge on any atom is 0.277 e. The van der Waals surface area contributed by atoms with Gasteiger partial charge < -0.3 is 10.2 Å². The number of nitrogens with zero attached hydrogens (tertiary/aromatic N) is 4. The van der Waals surface area contributed by atoms with Gasteiger partial charge in [0.1, 0.15) is 17.3 Å². The minimum absolute atomic E-state index is 0.160. The van der Waals surface area contributed by atoms with E-state index in [0.717, 1.165) is 27.8 Å². The number of hydrogen-bond acceptors (Lipinski definition) is 5. The van der Waals surface area contributed by atoms with Crippen molar-refractivity contribution in [2.45, 2.75) is 20.8 Å². The van der Waals surface area contributed by atoms with E-state index in [0.29, 0.717) is 23.9 Å². The van der Waals surface area contributed by atoms with E-state index in [2.05, 4.69) is 20.3 Å². The third-order valence-electron chi connectivity index (χ3n) is 4.83. The number of carbonyl (C=O) groups excluding carboxylic acids is 1. The van der Waals surface area contributed by atoms with Gasteiger partial charge in [-0.2, -0.15) is 0 Å². The van der Waals surface area contributed by atoms with Gasteiger partial charge in [0.25, 0.3) is 5.91 Å². The molecule has 0 radical (unpaired) electrons. The number of amides is 1. The number of nitrogens with one attached hydrogen (secondary N) is 1. The first kappa shape index (κ1) is 19.5. The van der Waals surface area contributed by atoms with E-state index in [4.69, 9.17) is 0 Å². The van der Waals surface area contributed by atoms with E-state index in [9.17, 15) is 4.79 Å². The van der Waals surface area contributed by atoms with E-state index in [1.165, 1.54) is 0 Å². The molecule has 30 heavy (non-hydrogen) atoms. The zero-order valence-electron chi connectivity index (χ0n) is 17.3. The number of para-hydroxylation sites is 1. The fourth-order valence-corrected chi connectivity index (χ4v) is 3.46. The molecule has 2 aromatic heterocycles. The topological polar surface area (TPSA) is 71.0 Å². The lowest BCUT2D eigenvalue weighted by molar-refractivity contribution is 0.0983. The van der Waals surface area contributed by atoms with Crippen LogP contribution in [-0.2, 0) is 0 Å². The van der Waals surface area contributed by atoms with Crippen molar-refractivity contribution in [1.82, 2.24) is 15.0 Å². The first-order chi connectivity index (χ1) is 14.5. The van der Waals surface area contributed by atoms with Crippen molar-refractivity contribution in [2.75, 3.05) is 16.8 Å². The number of benzene rings is 2. The predicted octanol–water partition coefficient (Wildman–Crippen LogP) is 5.05. The number of aryl methyl sites for hydroxylation is 2. The molecule has 0 aliphatic heterocycles. The number of rotatable bonds is 5. The van der Waals surface area contributed by atoms with Crippen LogP contribution in [0.4, 0.5) is 17.2 Å². The highest BCUT2D eigenvalue weighted by Gasteiger charge is 2.19. The summed E-state index contributed by atoms with van der Waals surface area (Å²) in [7, 11) is 0. The van der Waals surface area contributed by atoms with Crippen molar-refractivity contribution < 1.29 is 4.79 Å². The molecule has 2 heterocycles. The Bertz CT molecular complexity index is 1220. The summed E-state index contributed by atoms with van der Waals surface area (Å²) in [5.74, 6) is 0.925. The quantitative estimate of drug-likeness (QED) is 0.510. The molecule has 0 saturated heterocycles. The SMILES string of the molecule is CCN(C(=O)c1cc(Nc2cccc3cccnc23)nc(C)n1)c1cccc(C)c1. The van der Waals surface area contributed by atoms with E-state index < -0.39 is 0 Å². The van der Waals surface area contributed by atoms with E-state index in [1.54, 1.807) is 24.1 Å². The number of anilines is 3. The summed E-state index contributed by atoms with van der Waals surface area (Å²) in [5.41, 5.74) is 3.98. The summed E-state index contributed by atoms with van der Waals surface area (Å²) in [6.07, 6.45) is 1.76. The minimum Gasteiger partial charge on any atom is -0.338 e. The van der Waals surface area contributed by atoms with Crippen LogP contribution >= 0.6 is 0 Å². The van der Waals surface area contributed by atoms with Gasteiger partial charge in [-0.05, 0) is 50.6 Å². The molecular weight excluding hydrogens is 374 g/mol. The maximum absolute atomic E-state index is 13.3. The Labute approximate surface area is 175 Å². The zero-order valence-corrected chi connectivity index (χ0v) is 17.3. The number of aromatic nitrogens is 3. The lowest BCUT2D eigenvalue weighted by Crippen LogP contribution is -2.31. The first-order valence-electron chi connectivity index (χ1n) is 9.90. The van der Waals surface area contributed by atoms with Gasteiger partial charge in [-0.3, -0.25) is 9.78 Å². The lowest BCUT2D eigenvalue weighted by atomic mass is 10.2. The van der Waals surface area contributed by atoms with Gasteiger partial charge in [0.15, 0.2) is 0 Å². The van der Waals surface area contributed by atoms with Crippen molar-refractivity contribution in [3.05, 3.63) is 83.9 Å². The van der Waals surface area contributed by atoms with Gasteiger partial charge in [-0.25, -0.2) is 9.97 Å². The summed E-state index contributed by atoms with van der Waals surface area (Å²) in [6, 6.07) is 19.4. The number of pyridine rings is 1. The Morgan fingerprint density at radius 2 is 1.80 bits per heavy atom. The summed E-state index contributed by atoms with van der Waals surface area (Å²) < 4.78 is 0. The number of hydrogen-bond donors (Lipinski definition) is 1. The smallest absolute Gasteiger partial charge is 0.277 e. The Morgan fingerprint density at radius 3 is 2.60 bits per heavy atom. The largest absolute Gasteiger partial charge is 0.338 e. The molecule has 1 N–H and O–H groups in total. The van der Waals surface area contributed by atoms with Crippen LogP contribution in [-0.4, -0.2) is 27.4 Å². The lowest BCUT2D eigenvalue weighted by Gasteiger charge is -2.21. The number of fused-ring (bicyclic) bond motifs is 1. The van der Waals surface area contributed by atoms with Crippen LogP contribution in [0, 0.1) is 13.8 Å². The molecule has 0 bridgehead atoms. The van der Waals surface area contributed by atoms with Crippen LogP contribution in [0.1, 0.15) is 28.8 Å². The second-order valence-electron chi connectivity index (χ2n) is 7.08. The Kier molecular flexibility index (Phi) is 5.39. The second-order valence-corrected chi connectivity index (χ2v) is 7.08. The molecule has 0 fully saturated rings. The van der Waals surface area contributed by atoms with Crippen molar-refractivity contribution in [3.8, 4) is 0 Å². The van der Waals surface area contributed by atoms with Crippen LogP contribution < -0.4 is 10.2 Å². The van der Waals surface area contributed by atoms with Crippen LogP contribution in [0.5, 0.6) is 0 Å². The van der Waals surface area contributed by atoms with Gasteiger partial charge in [0.2, 0.25) is 0 Å². The van der Waals surface area contributed by atoms with Crippen LogP contribution in [0.3, 0.4) is 0 Å². The summed E-state index contributed by atoms with van der Waals surface area (Å²) in [4.78, 5) is 28.3. The minimum atomic E-state index is -0.160. The molecule has 0 saturated carbocycles. The molecule has 6 nitrogen and oxygen atoms in total. The first-order valence-corrected chi connectivity index (χ1v) is 9.90. The molecule has 150 valence electrons. The average Bonchev–Trinajstić information content (AvgIpc) is 2.74. The summed E-state index contributed by atoms with van der Waals surface area (Å²) in [5, 5.41) is 4.33. The predicted molar refractivity (Wildman–Crippen MR) is 120 cm³/mol. The molecule has 0 aliphatic rings. The Morgan fingerprint density at radius 1 is 1.00 bits per heavy atom. The molecule has 6 heteroatoms. The van der Waals surface area contributed by atoms with E-state index >= 15 is 0 Å². The zero-order chi connectivity index (χ0) is 21.1. The highest BCUT2D eigenvalue weighted by atomic mass is 16.2. The second kappa shape index (κ2) is 8.29. The van der Waals surface area contributed by atoms with E-state index in [-0.39, 0.29) is 5.91 Å². The molecule has 4 rings (SSSR count). The van der Waals surface area contributed by atoms with Crippen LogP contribution in [0.25, 0.3) is 10.9 Å². The molecule has 0 unspecified atom stereocenters. The van der Waals surface area contributed by atoms with Gasteiger partial charge >= 0.3 is 0 Å². The molecule has 1 amide bonds. The van der Waals surface area contributed by atoms with E-state index in [1.807, 2.05) is 68.4 Å². The molecule has 0 aliphatic carbocycles. The summed E-state index contributed by atoms with van der Waals surface area (Å²) in [6.45, 7) is 6.29. The van der Waals surface area contributed by atoms with Crippen molar-refractivity contribution in [1.29, 1.82) is 0 Å². The molecule has 4 aromatic rings. The third-order valence-corrected chi connectivity index (χ3v) is 4.83. The van der Waals surface area contributed by atoms with Crippen LogP contribution in [0.15, 0.2) is 66.9 Å². The standard InChI is InChI=1S/C24H23N5O/c1-4-29(19-11-5-8-16(2)14-19)24(30)21-15-22(27-17(3)26-21)28-20-12-6-9-18-10-7-13-25-23(18)20/h5-15H,4H2,1-3H3,(H,26,27,28). The van der Waals surface area contributed by atoms with Crippen molar-refractivity contribution in [2.24, 2.45) is 0 Å². The van der Waals surface area contributed by atoms with Gasteiger partial charge in [-0.1, -0.05) is 30.3 Å². The number of carbonyl (C=O) groups is 1. The highest BCUT2D eigenvalue weighted by Crippen LogP contribution is 2.25. The molecule has 0 spiro atoms. The van der Waals surface area contributed by atoms with Crippen molar-refractivity contribution in [3.63, 3.8) is 0 Å². The van der Waals surface area contributed by atoms with Gasteiger partial charge in [0, 0.05) is 29.9 Å². The Hall–Kier alpha value is -3.80. The summed E-state index contributed by atoms with van der Waals surface area (Å²) >= 11 is 0. The van der Waals surface area contributed by atoms with Gasteiger partial charge in [-0.15, -0.1) is 0 Å². The molecule has 0 atom stereocenters.